The van der Waals surface area contributed by atoms with Crippen LogP contribution in [0.15, 0.2) is 47.4 Å². The molecular formula is C14H8ClFN2O2. The van der Waals surface area contributed by atoms with Crippen molar-refractivity contribution in [2.45, 2.75) is 0 Å². The van der Waals surface area contributed by atoms with Crippen LogP contribution in [0, 0.1) is 5.82 Å². The van der Waals surface area contributed by atoms with E-state index < -0.39 is 5.82 Å². The molecule has 2 heterocycles. The molecule has 4 nitrogen and oxygen atoms in total. The lowest BCUT2D eigenvalue weighted by atomic mass is 10.2. The number of hydrogen-bond acceptors (Lipinski definition) is 3. The van der Waals surface area contributed by atoms with E-state index in [2.05, 4.69) is 5.10 Å². The third-order valence-electron chi connectivity index (χ3n) is 2.83. The Hall–Kier alpha value is -2.40. The molecule has 0 aliphatic heterocycles. The van der Waals surface area contributed by atoms with Crippen LogP contribution in [-0.4, -0.2) is 16.1 Å². The molecule has 0 saturated heterocycles. The van der Waals surface area contributed by atoms with Crippen LogP contribution in [0.4, 0.5) is 4.39 Å². The minimum absolute atomic E-state index is 0.0339. The Morgan fingerprint density at radius 3 is 2.85 bits per heavy atom. The normalized spacial score (nSPS) is 10.7. The highest BCUT2D eigenvalue weighted by Crippen LogP contribution is 2.24. The largest absolute Gasteiger partial charge is 0.472 e. The standard InChI is InChI=1S/C14H8ClFN2O2/c15-12-2-1-11(5-13(12)16)18-6-10(7-19)14(17-18)9-3-4-20-8-9/h1-8H. The van der Waals surface area contributed by atoms with E-state index in [1.807, 2.05) is 0 Å². The van der Waals surface area contributed by atoms with Crippen LogP contribution in [0.2, 0.25) is 5.02 Å². The molecule has 0 atom stereocenters. The summed E-state index contributed by atoms with van der Waals surface area (Å²) in [4.78, 5) is 11.1. The molecule has 3 rings (SSSR count). The van der Waals surface area contributed by atoms with Gasteiger partial charge < -0.3 is 4.42 Å². The van der Waals surface area contributed by atoms with Gasteiger partial charge in [-0.1, -0.05) is 11.6 Å². The lowest BCUT2D eigenvalue weighted by molar-refractivity contribution is 0.112. The topological polar surface area (TPSA) is 48.0 Å². The van der Waals surface area contributed by atoms with Gasteiger partial charge in [0.2, 0.25) is 0 Å². The molecule has 3 aromatic rings. The van der Waals surface area contributed by atoms with Crippen molar-refractivity contribution < 1.29 is 13.6 Å². The maximum absolute atomic E-state index is 13.5. The Labute approximate surface area is 118 Å². The van der Waals surface area contributed by atoms with Gasteiger partial charge in [0.1, 0.15) is 11.5 Å². The summed E-state index contributed by atoms with van der Waals surface area (Å²) in [5.41, 5.74) is 2.02. The van der Waals surface area contributed by atoms with Gasteiger partial charge in [-0.2, -0.15) is 5.10 Å². The summed E-state index contributed by atoms with van der Waals surface area (Å²) in [6, 6.07) is 6.00. The summed E-state index contributed by atoms with van der Waals surface area (Å²) in [5, 5.41) is 4.31. The lowest BCUT2D eigenvalue weighted by Crippen LogP contribution is -1.95. The summed E-state index contributed by atoms with van der Waals surface area (Å²) in [6.07, 6.45) is 5.20. The third kappa shape index (κ3) is 2.12. The molecule has 0 bridgehead atoms. The van der Waals surface area contributed by atoms with E-state index in [0.717, 1.165) is 0 Å². The Morgan fingerprint density at radius 1 is 1.35 bits per heavy atom. The predicted octanol–water partition coefficient (Wildman–Crippen LogP) is 3.74. The Bertz CT molecular complexity index is 766. The molecule has 6 heteroatoms. The molecule has 100 valence electrons. The van der Waals surface area contributed by atoms with Gasteiger partial charge in [-0.15, -0.1) is 0 Å². The second-order valence-electron chi connectivity index (χ2n) is 4.11. The van der Waals surface area contributed by atoms with Crippen molar-refractivity contribution in [1.29, 1.82) is 0 Å². The fourth-order valence-electron chi connectivity index (χ4n) is 1.86. The summed E-state index contributed by atoms with van der Waals surface area (Å²) >= 11 is 5.64. The number of nitrogens with zero attached hydrogens (tertiary/aromatic N) is 2. The first-order valence-corrected chi connectivity index (χ1v) is 6.09. The predicted molar refractivity (Wildman–Crippen MR) is 71.6 cm³/mol. The summed E-state index contributed by atoms with van der Waals surface area (Å²) < 4.78 is 19.9. The number of carbonyl (C=O) groups excluding carboxylic acids is 1. The van der Waals surface area contributed by atoms with Crippen LogP contribution in [0.1, 0.15) is 10.4 Å². The first-order chi connectivity index (χ1) is 9.69. The van der Waals surface area contributed by atoms with E-state index in [-0.39, 0.29) is 5.02 Å². The van der Waals surface area contributed by atoms with Crippen molar-refractivity contribution in [1.82, 2.24) is 9.78 Å². The third-order valence-corrected chi connectivity index (χ3v) is 3.14. The van der Waals surface area contributed by atoms with Crippen molar-refractivity contribution in [3.8, 4) is 16.9 Å². The number of aromatic nitrogens is 2. The number of rotatable bonds is 3. The van der Waals surface area contributed by atoms with Crippen molar-refractivity contribution in [2.24, 2.45) is 0 Å². The van der Waals surface area contributed by atoms with Crippen LogP contribution in [0.25, 0.3) is 16.9 Å². The molecule has 0 fully saturated rings. The van der Waals surface area contributed by atoms with Gasteiger partial charge in [-0.3, -0.25) is 4.79 Å². The number of furan rings is 1. The molecule has 0 spiro atoms. The highest BCUT2D eigenvalue weighted by atomic mass is 35.5. The van der Waals surface area contributed by atoms with Gasteiger partial charge in [0.05, 0.1) is 28.8 Å². The van der Waals surface area contributed by atoms with Crippen LogP contribution in [0.5, 0.6) is 0 Å². The Balaban J connectivity index is 2.11. The molecule has 20 heavy (non-hydrogen) atoms. The second-order valence-corrected chi connectivity index (χ2v) is 4.51. The zero-order valence-corrected chi connectivity index (χ0v) is 10.8. The molecule has 0 saturated carbocycles. The first-order valence-electron chi connectivity index (χ1n) is 5.72. The number of halogens is 2. The summed E-state index contributed by atoms with van der Waals surface area (Å²) in [7, 11) is 0. The van der Waals surface area contributed by atoms with Crippen molar-refractivity contribution in [2.75, 3.05) is 0 Å². The summed E-state index contributed by atoms with van der Waals surface area (Å²) in [5.74, 6) is -0.544. The highest BCUT2D eigenvalue weighted by Gasteiger charge is 2.13. The molecule has 0 aliphatic carbocycles. The van der Waals surface area contributed by atoms with Gasteiger partial charge >= 0.3 is 0 Å². The van der Waals surface area contributed by atoms with Crippen LogP contribution in [-0.2, 0) is 0 Å². The first kappa shape index (κ1) is 12.6. The maximum Gasteiger partial charge on any atom is 0.153 e. The van der Waals surface area contributed by atoms with Crippen molar-refractivity contribution in [3.63, 3.8) is 0 Å². The quantitative estimate of drug-likeness (QED) is 0.690. The highest BCUT2D eigenvalue weighted by molar-refractivity contribution is 6.30. The van der Waals surface area contributed by atoms with Gasteiger partial charge in [0.15, 0.2) is 6.29 Å². The summed E-state index contributed by atoms with van der Waals surface area (Å²) in [6.45, 7) is 0. The van der Waals surface area contributed by atoms with Gasteiger partial charge in [0, 0.05) is 17.8 Å². The van der Waals surface area contributed by atoms with Crippen molar-refractivity contribution >= 4 is 17.9 Å². The SMILES string of the molecule is O=Cc1cn(-c2ccc(Cl)c(F)c2)nc1-c1ccoc1. The van der Waals surface area contributed by atoms with E-state index in [0.29, 0.717) is 28.8 Å². The van der Waals surface area contributed by atoms with Gasteiger partial charge in [-0.25, -0.2) is 9.07 Å². The van der Waals surface area contributed by atoms with Crippen molar-refractivity contribution in [3.05, 3.63) is 59.4 Å². The number of hydrogen-bond donors (Lipinski definition) is 0. The zero-order chi connectivity index (χ0) is 14.1. The average Bonchev–Trinajstić information content (AvgIpc) is 3.09. The molecular weight excluding hydrogens is 283 g/mol. The molecule has 0 amide bonds. The van der Waals surface area contributed by atoms with E-state index in [1.165, 1.54) is 35.5 Å². The molecule has 0 aliphatic rings. The fourth-order valence-corrected chi connectivity index (χ4v) is 1.97. The Kier molecular flexibility index (Phi) is 3.12. The van der Waals surface area contributed by atoms with E-state index in [9.17, 15) is 9.18 Å². The van der Waals surface area contributed by atoms with E-state index in [4.69, 9.17) is 16.0 Å². The smallest absolute Gasteiger partial charge is 0.153 e. The number of benzene rings is 1. The van der Waals surface area contributed by atoms with Crippen LogP contribution in [0.3, 0.4) is 0 Å². The van der Waals surface area contributed by atoms with E-state index >= 15 is 0 Å². The number of carbonyl (C=O) groups is 1. The van der Waals surface area contributed by atoms with Gasteiger partial charge in [0.25, 0.3) is 0 Å². The minimum atomic E-state index is -0.544. The van der Waals surface area contributed by atoms with Crippen LogP contribution >= 0.6 is 11.6 Å². The molecule has 0 radical (unpaired) electrons. The lowest BCUT2D eigenvalue weighted by Gasteiger charge is -2.01. The molecule has 1 aromatic carbocycles. The Morgan fingerprint density at radius 2 is 2.20 bits per heavy atom. The fraction of sp³-hybridized carbons (Fsp3) is 0. The second kappa shape index (κ2) is 4.94. The monoisotopic (exact) mass is 290 g/mol. The minimum Gasteiger partial charge on any atom is -0.472 e. The molecule has 0 N–H and O–H groups in total. The zero-order valence-electron chi connectivity index (χ0n) is 10.1. The number of aldehydes is 1. The maximum atomic E-state index is 13.5. The van der Waals surface area contributed by atoms with Gasteiger partial charge in [-0.05, 0) is 18.2 Å². The van der Waals surface area contributed by atoms with Crippen LogP contribution < -0.4 is 0 Å². The average molecular weight is 291 g/mol. The van der Waals surface area contributed by atoms with E-state index in [1.54, 1.807) is 12.1 Å². The molecule has 2 aromatic heterocycles. The molecule has 0 unspecified atom stereocenters.